The number of nitrogens with zero attached hydrogens (tertiary/aromatic N) is 1. The molecular formula is C26H29ClFNO5. The molecule has 2 aromatic rings. The van der Waals surface area contributed by atoms with Crippen LogP contribution in [-0.2, 0) is 25.5 Å². The number of likely N-dealkylation sites (tertiary alicyclic amines) is 1. The maximum atomic E-state index is 14.0. The van der Waals surface area contributed by atoms with Crippen LogP contribution in [0.25, 0.3) is 0 Å². The second kappa shape index (κ2) is 12.0. The first-order valence-corrected chi connectivity index (χ1v) is 11.8. The summed E-state index contributed by atoms with van der Waals surface area (Å²) in [6, 6.07) is 10.4. The lowest BCUT2D eigenvalue weighted by atomic mass is 9.89. The lowest BCUT2D eigenvalue weighted by Crippen LogP contribution is -2.33. The summed E-state index contributed by atoms with van der Waals surface area (Å²) in [6.45, 7) is 4.45. The smallest absolute Gasteiger partial charge is 0.306 e. The van der Waals surface area contributed by atoms with E-state index >= 15 is 0 Å². The summed E-state index contributed by atoms with van der Waals surface area (Å²) in [6.07, 6.45) is 1.99. The molecule has 0 bridgehead atoms. The molecule has 2 aromatic carbocycles. The van der Waals surface area contributed by atoms with Crippen LogP contribution < -0.4 is 4.74 Å². The molecule has 1 fully saturated rings. The van der Waals surface area contributed by atoms with Crippen molar-refractivity contribution in [2.45, 2.75) is 51.9 Å². The van der Waals surface area contributed by atoms with Crippen LogP contribution in [0, 0.1) is 12.7 Å². The molecule has 1 atom stereocenters. The predicted molar refractivity (Wildman–Crippen MR) is 126 cm³/mol. The molecule has 6 nitrogen and oxygen atoms in total. The highest BCUT2D eigenvalue weighted by molar-refractivity contribution is 6.30. The van der Waals surface area contributed by atoms with Crippen molar-refractivity contribution in [1.82, 2.24) is 4.90 Å². The monoisotopic (exact) mass is 489 g/mol. The molecule has 34 heavy (non-hydrogen) atoms. The highest BCUT2D eigenvalue weighted by Crippen LogP contribution is 2.29. The third-order valence-corrected chi connectivity index (χ3v) is 6.19. The molecular weight excluding hydrogens is 461 g/mol. The van der Waals surface area contributed by atoms with E-state index in [-0.39, 0.29) is 61.1 Å². The Morgan fingerprint density at radius 1 is 1.15 bits per heavy atom. The summed E-state index contributed by atoms with van der Waals surface area (Å²) < 4.78 is 24.9. The van der Waals surface area contributed by atoms with Crippen molar-refractivity contribution in [3.8, 4) is 5.75 Å². The topological polar surface area (TPSA) is 72.9 Å². The Morgan fingerprint density at radius 3 is 2.53 bits per heavy atom. The van der Waals surface area contributed by atoms with E-state index in [2.05, 4.69) is 0 Å². The highest BCUT2D eigenvalue weighted by atomic mass is 35.5. The van der Waals surface area contributed by atoms with Crippen LogP contribution in [-0.4, -0.2) is 42.4 Å². The number of imide groups is 1. The van der Waals surface area contributed by atoms with Gasteiger partial charge in [-0.05, 0) is 67.5 Å². The van der Waals surface area contributed by atoms with E-state index in [0.717, 1.165) is 11.1 Å². The SMILES string of the molecule is CCOC(=O)CC(CCc1ccc(OCCN2C(=O)CCC2=O)c(C)c1)c1ccc(Cl)c(F)c1. The van der Waals surface area contributed by atoms with E-state index < -0.39 is 5.82 Å². The normalized spacial score (nSPS) is 14.4. The van der Waals surface area contributed by atoms with Crippen molar-refractivity contribution >= 4 is 29.4 Å². The number of hydrogen-bond acceptors (Lipinski definition) is 5. The number of carbonyl (C=O) groups is 3. The molecule has 0 radical (unpaired) electrons. The number of carbonyl (C=O) groups excluding carboxylic acids is 3. The number of rotatable bonds is 11. The quantitative estimate of drug-likeness (QED) is 0.328. The fraction of sp³-hybridized carbons (Fsp3) is 0.423. The van der Waals surface area contributed by atoms with Gasteiger partial charge >= 0.3 is 5.97 Å². The molecule has 182 valence electrons. The van der Waals surface area contributed by atoms with Gasteiger partial charge in [0.15, 0.2) is 0 Å². The van der Waals surface area contributed by atoms with Gasteiger partial charge in [0.25, 0.3) is 0 Å². The van der Waals surface area contributed by atoms with Crippen LogP contribution >= 0.6 is 11.6 Å². The molecule has 1 saturated heterocycles. The van der Waals surface area contributed by atoms with Crippen molar-refractivity contribution < 1.29 is 28.2 Å². The average molecular weight is 490 g/mol. The maximum absolute atomic E-state index is 14.0. The first-order chi connectivity index (χ1) is 16.3. The van der Waals surface area contributed by atoms with Gasteiger partial charge in [0.2, 0.25) is 11.8 Å². The molecule has 0 saturated carbocycles. The zero-order valence-corrected chi connectivity index (χ0v) is 20.2. The van der Waals surface area contributed by atoms with E-state index in [0.29, 0.717) is 30.8 Å². The summed E-state index contributed by atoms with van der Waals surface area (Å²) in [7, 11) is 0. The van der Waals surface area contributed by atoms with Gasteiger partial charge in [-0.3, -0.25) is 19.3 Å². The Morgan fingerprint density at radius 2 is 1.88 bits per heavy atom. The van der Waals surface area contributed by atoms with Gasteiger partial charge in [-0.15, -0.1) is 0 Å². The molecule has 1 aliphatic heterocycles. The van der Waals surface area contributed by atoms with Gasteiger partial charge in [-0.25, -0.2) is 4.39 Å². The van der Waals surface area contributed by atoms with Gasteiger partial charge in [-0.2, -0.15) is 0 Å². The van der Waals surface area contributed by atoms with E-state index in [4.69, 9.17) is 21.1 Å². The van der Waals surface area contributed by atoms with Crippen molar-refractivity contribution in [3.05, 3.63) is 63.9 Å². The van der Waals surface area contributed by atoms with Crippen molar-refractivity contribution in [2.75, 3.05) is 19.8 Å². The number of ether oxygens (including phenoxy) is 2. The van der Waals surface area contributed by atoms with Crippen LogP contribution in [0.2, 0.25) is 5.02 Å². The van der Waals surface area contributed by atoms with E-state index in [9.17, 15) is 18.8 Å². The van der Waals surface area contributed by atoms with Gasteiger partial charge in [0.1, 0.15) is 18.2 Å². The number of halogens is 2. The third-order valence-electron chi connectivity index (χ3n) is 5.88. The summed E-state index contributed by atoms with van der Waals surface area (Å²) >= 11 is 5.82. The van der Waals surface area contributed by atoms with Crippen molar-refractivity contribution in [2.24, 2.45) is 0 Å². The minimum Gasteiger partial charge on any atom is -0.491 e. The van der Waals surface area contributed by atoms with Crippen LogP contribution in [0.1, 0.15) is 55.2 Å². The molecule has 1 aliphatic rings. The fourth-order valence-corrected chi connectivity index (χ4v) is 4.18. The van der Waals surface area contributed by atoms with E-state index in [1.807, 2.05) is 25.1 Å². The Bertz CT molecular complexity index is 1040. The average Bonchev–Trinajstić information content (AvgIpc) is 3.12. The Labute approximate surface area is 204 Å². The molecule has 1 unspecified atom stereocenters. The second-order valence-electron chi connectivity index (χ2n) is 8.31. The number of amides is 2. The number of esters is 1. The first kappa shape index (κ1) is 25.7. The molecule has 0 aliphatic carbocycles. The molecule has 0 N–H and O–H groups in total. The zero-order chi connectivity index (χ0) is 24.7. The van der Waals surface area contributed by atoms with Crippen LogP contribution in [0.4, 0.5) is 4.39 Å². The molecule has 1 heterocycles. The van der Waals surface area contributed by atoms with Gasteiger partial charge in [0.05, 0.1) is 24.6 Å². The number of hydrogen-bond donors (Lipinski definition) is 0. The number of benzene rings is 2. The molecule has 0 spiro atoms. The summed E-state index contributed by atoms with van der Waals surface area (Å²) in [5, 5.41) is 0.0447. The fourth-order valence-electron chi connectivity index (χ4n) is 4.06. The molecule has 8 heteroatoms. The summed E-state index contributed by atoms with van der Waals surface area (Å²) in [4.78, 5) is 36.8. The second-order valence-corrected chi connectivity index (χ2v) is 8.71. The van der Waals surface area contributed by atoms with E-state index in [1.54, 1.807) is 13.0 Å². The van der Waals surface area contributed by atoms with Crippen LogP contribution in [0.5, 0.6) is 5.75 Å². The van der Waals surface area contributed by atoms with Crippen molar-refractivity contribution in [1.29, 1.82) is 0 Å². The zero-order valence-electron chi connectivity index (χ0n) is 19.4. The summed E-state index contributed by atoms with van der Waals surface area (Å²) in [5.41, 5.74) is 2.69. The lowest BCUT2D eigenvalue weighted by Gasteiger charge is -2.18. The first-order valence-electron chi connectivity index (χ1n) is 11.4. The molecule has 2 amide bonds. The minimum atomic E-state index is -0.511. The lowest BCUT2D eigenvalue weighted by molar-refractivity contribution is -0.143. The largest absolute Gasteiger partial charge is 0.491 e. The molecule has 0 aromatic heterocycles. The standard InChI is InChI=1S/C26H29ClFNO5/c1-3-33-26(32)16-20(19-7-8-21(27)22(28)15-19)6-4-18-5-9-23(17(2)14-18)34-13-12-29-24(30)10-11-25(29)31/h5,7-9,14-15,20H,3-4,6,10-13,16H2,1-2H3. The Balaban J connectivity index is 1.61. The maximum Gasteiger partial charge on any atom is 0.306 e. The predicted octanol–water partition coefficient (Wildman–Crippen LogP) is 4.98. The minimum absolute atomic E-state index is 0.0447. The van der Waals surface area contributed by atoms with Crippen molar-refractivity contribution in [3.63, 3.8) is 0 Å². The van der Waals surface area contributed by atoms with Crippen LogP contribution in [0.15, 0.2) is 36.4 Å². The highest BCUT2D eigenvalue weighted by Gasteiger charge is 2.28. The van der Waals surface area contributed by atoms with Gasteiger partial charge in [0, 0.05) is 12.8 Å². The summed E-state index contributed by atoms with van der Waals surface area (Å²) in [5.74, 6) is -0.666. The van der Waals surface area contributed by atoms with Crippen LogP contribution in [0.3, 0.4) is 0 Å². The van der Waals surface area contributed by atoms with Gasteiger partial charge < -0.3 is 9.47 Å². The number of aryl methyl sites for hydroxylation is 2. The Hall–Kier alpha value is -2.93. The Kier molecular flexibility index (Phi) is 9.05. The molecule has 3 rings (SSSR count). The van der Waals surface area contributed by atoms with E-state index in [1.165, 1.54) is 17.0 Å². The third kappa shape index (κ3) is 6.79. The van der Waals surface area contributed by atoms with Gasteiger partial charge in [-0.1, -0.05) is 29.8 Å².